The van der Waals surface area contributed by atoms with Gasteiger partial charge in [-0.2, -0.15) is 5.10 Å². The SMILES string of the molecule is Cn1c(SCC(=O)N2N=C(c3cccs3)CC2c2cccs2)nc2sccc2c1=O. The van der Waals surface area contributed by atoms with Gasteiger partial charge >= 0.3 is 0 Å². The van der Waals surface area contributed by atoms with Crippen LogP contribution >= 0.6 is 45.8 Å². The number of aromatic nitrogens is 2. The van der Waals surface area contributed by atoms with Gasteiger partial charge in [0.15, 0.2) is 5.16 Å². The van der Waals surface area contributed by atoms with E-state index in [1.165, 1.54) is 27.7 Å². The first kappa shape index (κ1) is 19.7. The van der Waals surface area contributed by atoms with Gasteiger partial charge in [-0.3, -0.25) is 14.2 Å². The van der Waals surface area contributed by atoms with Crippen LogP contribution < -0.4 is 5.56 Å². The molecule has 0 bridgehead atoms. The van der Waals surface area contributed by atoms with E-state index in [4.69, 9.17) is 0 Å². The lowest BCUT2D eigenvalue weighted by atomic mass is 10.1. The molecule has 1 atom stereocenters. The van der Waals surface area contributed by atoms with E-state index in [2.05, 4.69) is 10.1 Å². The van der Waals surface area contributed by atoms with Crippen molar-refractivity contribution in [3.63, 3.8) is 0 Å². The molecule has 0 saturated heterocycles. The first-order valence-corrected chi connectivity index (χ1v) is 12.8. The number of hydrogen-bond donors (Lipinski definition) is 0. The summed E-state index contributed by atoms with van der Waals surface area (Å²) in [7, 11) is 1.69. The minimum atomic E-state index is -0.0921. The molecule has 0 saturated carbocycles. The third-order valence-electron chi connectivity index (χ3n) is 4.83. The van der Waals surface area contributed by atoms with Crippen LogP contribution in [0.3, 0.4) is 0 Å². The summed E-state index contributed by atoms with van der Waals surface area (Å²) >= 11 is 5.97. The van der Waals surface area contributed by atoms with E-state index in [0.29, 0.717) is 21.8 Å². The van der Waals surface area contributed by atoms with Gasteiger partial charge in [0.05, 0.1) is 27.8 Å². The Kier molecular flexibility index (Phi) is 5.32. The van der Waals surface area contributed by atoms with Crippen LogP contribution in [0.5, 0.6) is 0 Å². The number of nitrogens with zero attached hydrogens (tertiary/aromatic N) is 4. The van der Waals surface area contributed by atoms with Crippen LogP contribution in [0.25, 0.3) is 10.2 Å². The minimum absolute atomic E-state index is 0.0909. The van der Waals surface area contributed by atoms with E-state index in [9.17, 15) is 9.59 Å². The van der Waals surface area contributed by atoms with Gasteiger partial charge in [0.1, 0.15) is 4.83 Å². The second kappa shape index (κ2) is 8.10. The topological polar surface area (TPSA) is 67.6 Å². The van der Waals surface area contributed by atoms with E-state index in [1.54, 1.807) is 40.8 Å². The predicted octanol–water partition coefficient (Wildman–Crippen LogP) is 4.59. The van der Waals surface area contributed by atoms with Crippen molar-refractivity contribution in [3.05, 3.63) is 66.6 Å². The molecule has 1 amide bonds. The van der Waals surface area contributed by atoms with Crippen molar-refractivity contribution in [3.8, 4) is 0 Å². The summed E-state index contributed by atoms with van der Waals surface area (Å²) in [4.78, 5) is 33.1. The van der Waals surface area contributed by atoms with Crippen molar-refractivity contribution < 1.29 is 4.79 Å². The van der Waals surface area contributed by atoms with Gasteiger partial charge in [0.25, 0.3) is 11.5 Å². The molecule has 0 aromatic carbocycles. The van der Waals surface area contributed by atoms with Gasteiger partial charge in [0.2, 0.25) is 0 Å². The van der Waals surface area contributed by atoms with Crippen LogP contribution in [0, 0.1) is 0 Å². The maximum absolute atomic E-state index is 13.1. The summed E-state index contributed by atoms with van der Waals surface area (Å²) in [5.41, 5.74) is 0.846. The lowest BCUT2D eigenvalue weighted by Crippen LogP contribution is -2.28. The minimum Gasteiger partial charge on any atom is -0.290 e. The first-order valence-electron chi connectivity index (χ1n) is 9.15. The Balaban J connectivity index is 1.40. The average Bonchev–Trinajstić information content (AvgIpc) is 3.55. The highest BCUT2D eigenvalue weighted by molar-refractivity contribution is 7.99. The quantitative estimate of drug-likeness (QED) is 0.315. The van der Waals surface area contributed by atoms with Crippen LogP contribution in [-0.2, 0) is 11.8 Å². The Morgan fingerprint density at radius 3 is 2.77 bits per heavy atom. The third kappa shape index (κ3) is 3.53. The predicted molar refractivity (Wildman–Crippen MR) is 125 cm³/mol. The largest absolute Gasteiger partial charge is 0.290 e. The number of thiophene rings is 3. The molecule has 0 fully saturated rings. The molecule has 0 radical (unpaired) electrons. The molecule has 0 aliphatic carbocycles. The van der Waals surface area contributed by atoms with Crippen LogP contribution in [0.15, 0.2) is 61.5 Å². The van der Waals surface area contributed by atoms with Gasteiger partial charge in [0, 0.05) is 18.3 Å². The van der Waals surface area contributed by atoms with Crippen molar-refractivity contribution in [2.45, 2.75) is 17.6 Å². The van der Waals surface area contributed by atoms with E-state index >= 15 is 0 Å². The molecule has 1 unspecified atom stereocenters. The molecule has 4 aromatic heterocycles. The van der Waals surface area contributed by atoms with Gasteiger partial charge in [-0.25, -0.2) is 9.99 Å². The van der Waals surface area contributed by atoms with Crippen molar-refractivity contribution in [1.82, 2.24) is 14.6 Å². The standard InChI is InChI=1S/C20H16N4O2S4/c1-23-19(26)12-6-9-29-18(12)21-20(23)30-11-17(25)24-14(16-5-3-8-28-16)10-13(22-24)15-4-2-7-27-15/h2-9,14H,10-11H2,1H3. The molecule has 5 rings (SSSR count). The molecule has 4 aromatic rings. The number of hydrogen-bond acceptors (Lipinski definition) is 8. The molecule has 5 heterocycles. The molecule has 152 valence electrons. The fourth-order valence-electron chi connectivity index (χ4n) is 3.34. The Bertz CT molecular complexity index is 1290. The van der Waals surface area contributed by atoms with Crippen molar-refractivity contribution in [2.75, 3.05) is 5.75 Å². The molecular weight excluding hydrogens is 457 g/mol. The zero-order chi connectivity index (χ0) is 20.7. The van der Waals surface area contributed by atoms with E-state index in [0.717, 1.165) is 15.5 Å². The normalized spacial score (nSPS) is 16.4. The number of amides is 1. The number of hydrazone groups is 1. The summed E-state index contributed by atoms with van der Waals surface area (Å²) in [6, 6.07) is 9.77. The Morgan fingerprint density at radius 2 is 2.00 bits per heavy atom. The van der Waals surface area contributed by atoms with Crippen molar-refractivity contribution in [1.29, 1.82) is 0 Å². The van der Waals surface area contributed by atoms with E-state index < -0.39 is 0 Å². The average molecular weight is 473 g/mol. The van der Waals surface area contributed by atoms with Gasteiger partial charge in [-0.1, -0.05) is 23.9 Å². The maximum Gasteiger partial charge on any atom is 0.262 e. The highest BCUT2D eigenvalue weighted by atomic mass is 32.2. The first-order chi connectivity index (χ1) is 14.6. The van der Waals surface area contributed by atoms with Gasteiger partial charge in [-0.05, 0) is 34.3 Å². The van der Waals surface area contributed by atoms with E-state index in [-0.39, 0.29) is 23.3 Å². The maximum atomic E-state index is 13.1. The zero-order valence-electron chi connectivity index (χ0n) is 15.8. The lowest BCUT2D eigenvalue weighted by Gasteiger charge is -2.20. The summed E-state index contributed by atoms with van der Waals surface area (Å²) < 4.78 is 1.51. The summed E-state index contributed by atoms with van der Waals surface area (Å²) in [6.07, 6.45) is 0.704. The number of rotatable bonds is 5. The zero-order valence-corrected chi connectivity index (χ0v) is 19.1. The van der Waals surface area contributed by atoms with Gasteiger partial charge in [-0.15, -0.1) is 34.0 Å². The van der Waals surface area contributed by atoms with Crippen LogP contribution in [-0.4, -0.2) is 31.9 Å². The smallest absolute Gasteiger partial charge is 0.262 e. The fourth-order valence-corrected chi connectivity index (χ4v) is 6.50. The summed E-state index contributed by atoms with van der Waals surface area (Å²) in [5, 5.41) is 13.3. The molecule has 0 spiro atoms. The molecular formula is C20H16N4O2S4. The lowest BCUT2D eigenvalue weighted by molar-refractivity contribution is -0.130. The molecule has 6 nitrogen and oxygen atoms in total. The van der Waals surface area contributed by atoms with Crippen LogP contribution in [0.1, 0.15) is 22.2 Å². The highest BCUT2D eigenvalue weighted by Gasteiger charge is 2.34. The van der Waals surface area contributed by atoms with Crippen molar-refractivity contribution in [2.24, 2.45) is 12.1 Å². The highest BCUT2D eigenvalue weighted by Crippen LogP contribution is 2.36. The van der Waals surface area contributed by atoms with Crippen LogP contribution in [0.2, 0.25) is 0 Å². The Morgan fingerprint density at radius 1 is 1.17 bits per heavy atom. The second-order valence-electron chi connectivity index (χ2n) is 6.68. The van der Waals surface area contributed by atoms with Crippen molar-refractivity contribution >= 4 is 67.6 Å². The van der Waals surface area contributed by atoms with Gasteiger partial charge < -0.3 is 0 Å². The fraction of sp³-hybridized carbons (Fsp3) is 0.200. The molecule has 1 aliphatic heterocycles. The molecule has 10 heteroatoms. The second-order valence-corrected chi connectivity index (χ2v) is 10.4. The van der Waals surface area contributed by atoms with E-state index in [1.807, 2.05) is 40.4 Å². The monoisotopic (exact) mass is 472 g/mol. The molecule has 1 aliphatic rings. The number of carbonyl (C=O) groups excluding carboxylic acids is 1. The molecule has 0 N–H and O–H groups in total. The third-order valence-corrected chi connectivity index (χ3v) is 8.55. The summed E-state index contributed by atoms with van der Waals surface area (Å²) in [5.74, 6) is 0.0748. The molecule has 30 heavy (non-hydrogen) atoms. The summed E-state index contributed by atoms with van der Waals surface area (Å²) in [6.45, 7) is 0. The Labute approximate surface area is 188 Å². The number of thioether (sulfide) groups is 1. The number of carbonyl (C=O) groups is 1. The van der Waals surface area contributed by atoms with Crippen LogP contribution in [0.4, 0.5) is 0 Å². The number of fused-ring (bicyclic) bond motifs is 1. The Hall–Kier alpha value is -2.27.